The standard InChI is InChI=1S/C32H47N3O4/c1-31-12-10-24(35(30(37)38)19-18-34-16-14-33(3)15-17-34)20-23(31)5-6-25-27-8-7-26(22-4-9-29(36)39-21-22)32(27,2)13-11-28(25)31/h4,8-9,21,23-26,28H,5-7,10-20H2,1-3H3,(H,37,38)/t23-,24+,25+,26-,28+,31+,32-/m1/s1. The van der Waals surface area contributed by atoms with E-state index in [0.29, 0.717) is 35.6 Å². The molecule has 0 spiro atoms. The molecule has 4 aliphatic carbocycles. The van der Waals surface area contributed by atoms with Gasteiger partial charge in [-0.15, -0.1) is 0 Å². The van der Waals surface area contributed by atoms with Crippen molar-refractivity contribution in [1.29, 1.82) is 0 Å². The second-order valence-corrected chi connectivity index (χ2v) is 13.8. The van der Waals surface area contributed by atoms with Crippen LogP contribution in [0.15, 0.2) is 39.3 Å². The molecule has 7 atom stereocenters. The van der Waals surface area contributed by atoms with Crippen molar-refractivity contribution < 1.29 is 14.3 Å². The first-order valence-electron chi connectivity index (χ1n) is 15.4. The first-order valence-corrected chi connectivity index (χ1v) is 15.4. The zero-order valence-corrected chi connectivity index (χ0v) is 24.1. The number of nitrogens with zero attached hydrogens (tertiary/aromatic N) is 3. The summed E-state index contributed by atoms with van der Waals surface area (Å²) in [5.74, 6) is 2.32. The number of fused-ring (bicyclic) bond motifs is 5. The maximum atomic E-state index is 12.4. The van der Waals surface area contributed by atoms with Crippen molar-refractivity contribution in [2.75, 3.05) is 46.3 Å². The Balaban J connectivity index is 1.13. The lowest BCUT2D eigenvalue weighted by Gasteiger charge is -2.60. The van der Waals surface area contributed by atoms with Crippen LogP contribution in [0.25, 0.3) is 0 Å². The summed E-state index contributed by atoms with van der Waals surface area (Å²) in [6, 6.07) is 3.70. The quantitative estimate of drug-likeness (QED) is 0.515. The van der Waals surface area contributed by atoms with Crippen molar-refractivity contribution in [1.82, 2.24) is 14.7 Å². The minimum absolute atomic E-state index is 0.144. The van der Waals surface area contributed by atoms with Crippen LogP contribution < -0.4 is 5.63 Å². The van der Waals surface area contributed by atoms with Gasteiger partial charge < -0.3 is 19.3 Å². The van der Waals surface area contributed by atoms with E-state index in [9.17, 15) is 14.7 Å². The van der Waals surface area contributed by atoms with E-state index in [1.54, 1.807) is 22.8 Å². The molecule has 5 aliphatic rings. The smallest absolute Gasteiger partial charge is 0.407 e. The number of allylic oxidation sites excluding steroid dienone is 2. The molecular weight excluding hydrogens is 490 g/mol. The predicted molar refractivity (Wildman–Crippen MR) is 152 cm³/mol. The maximum Gasteiger partial charge on any atom is 0.407 e. The summed E-state index contributed by atoms with van der Waals surface area (Å²) in [5.41, 5.74) is 2.98. The monoisotopic (exact) mass is 537 g/mol. The molecule has 6 rings (SSSR count). The molecule has 2 heterocycles. The first kappa shape index (κ1) is 27.1. The van der Waals surface area contributed by atoms with Gasteiger partial charge in [0.25, 0.3) is 0 Å². The van der Waals surface area contributed by atoms with Crippen molar-refractivity contribution in [2.45, 2.75) is 77.2 Å². The summed E-state index contributed by atoms with van der Waals surface area (Å²) in [6.45, 7) is 10.7. The molecule has 7 nitrogen and oxygen atoms in total. The molecule has 0 aromatic carbocycles. The lowest BCUT2D eigenvalue weighted by Crippen LogP contribution is -2.55. The summed E-state index contributed by atoms with van der Waals surface area (Å²) in [4.78, 5) is 30.5. The van der Waals surface area contributed by atoms with Gasteiger partial charge in [0, 0.05) is 51.4 Å². The summed E-state index contributed by atoms with van der Waals surface area (Å²) in [6.07, 6.45) is 12.5. The van der Waals surface area contributed by atoms with Crippen LogP contribution in [0.2, 0.25) is 0 Å². The van der Waals surface area contributed by atoms with Crippen LogP contribution in [0.5, 0.6) is 0 Å². The van der Waals surface area contributed by atoms with Crippen molar-refractivity contribution in [3.63, 3.8) is 0 Å². The van der Waals surface area contributed by atoms with Crippen LogP contribution in [0.4, 0.5) is 4.79 Å². The highest BCUT2D eigenvalue weighted by Crippen LogP contribution is 2.67. The van der Waals surface area contributed by atoms with Gasteiger partial charge in [0.15, 0.2) is 0 Å². The lowest BCUT2D eigenvalue weighted by atomic mass is 9.45. The SMILES string of the molecule is CN1CCN(CCN(C(=O)O)[C@H]2CC[C@@]3(C)[C@H](CC[C@H]4C5=CC[C@H](c6ccc(=O)oc6)[C@@]5(C)CC[C@@H]43)C2)CC1. The summed E-state index contributed by atoms with van der Waals surface area (Å²) >= 11 is 0. The molecule has 214 valence electrons. The Morgan fingerprint density at radius 3 is 2.62 bits per heavy atom. The Bertz CT molecular complexity index is 1140. The number of hydrogen-bond acceptors (Lipinski definition) is 5. The average Bonchev–Trinajstić information content (AvgIpc) is 3.27. The Hall–Kier alpha value is -2.12. The number of rotatable bonds is 5. The number of carbonyl (C=O) groups is 1. The van der Waals surface area contributed by atoms with Gasteiger partial charge in [-0.25, -0.2) is 9.59 Å². The minimum Gasteiger partial charge on any atom is -0.465 e. The van der Waals surface area contributed by atoms with Gasteiger partial charge in [-0.05, 0) is 105 Å². The van der Waals surface area contributed by atoms with Gasteiger partial charge in [-0.3, -0.25) is 4.90 Å². The Kier molecular flexibility index (Phi) is 7.20. The van der Waals surface area contributed by atoms with Gasteiger partial charge >= 0.3 is 11.7 Å². The fourth-order valence-electron chi connectivity index (χ4n) is 9.68. The highest BCUT2D eigenvalue weighted by molar-refractivity contribution is 5.65. The van der Waals surface area contributed by atoms with E-state index in [2.05, 4.69) is 36.8 Å². The third kappa shape index (κ3) is 4.77. The van der Waals surface area contributed by atoms with E-state index >= 15 is 0 Å². The van der Waals surface area contributed by atoms with Gasteiger partial charge in [0.2, 0.25) is 0 Å². The molecule has 1 aliphatic heterocycles. The topological polar surface area (TPSA) is 77.2 Å². The van der Waals surface area contributed by atoms with E-state index in [1.807, 2.05) is 6.07 Å². The molecule has 4 fully saturated rings. The normalized spacial score (nSPS) is 38.8. The van der Waals surface area contributed by atoms with E-state index < -0.39 is 6.09 Å². The van der Waals surface area contributed by atoms with Crippen LogP contribution in [0.3, 0.4) is 0 Å². The van der Waals surface area contributed by atoms with Gasteiger partial charge in [-0.1, -0.05) is 25.5 Å². The third-order valence-electron chi connectivity index (χ3n) is 12.1. The van der Waals surface area contributed by atoms with Crippen molar-refractivity contribution in [3.05, 3.63) is 46.0 Å². The molecule has 7 heteroatoms. The molecule has 1 amide bonds. The second-order valence-electron chi connectivity index (χ2n) is 13.8. The summed E-state index contributed by atoms with van der Waals surface area (Å²) in [7, 11) is 2.16. The van der Waals surface area contributed by atoms with Crippen LogP contribution in [-0.2, 0) is 0 Å². The molecular formula is C32H47N3O4. The molecule has 1 N–H and O–H groups in total. The molecule has 1 aromatic heterocycles. The molecule has 0 unspecified atom stereocenters. The Morgan fingerprint density at radius 2 is 1.90 bits per heavy atom. The number of piperazine rings is 1. The molecule has 1 aromatic rings. The highest BCUT2D eigenvalue weighted by Gasteiger charge is 2.58. The van der Waals surface area contributed by atoms with E-state index in [0.717, 1.165) is 64.0 Å². The second kappa shape index (κ2) is 10.4. The molecule has 39 heavy (non-hydrogen) atoms. The number of hydrogen-bond donors (Lipinski definition) is 1. The zero-order valence-electron chi connectivity index (χ0n) is 24.1. The highest BCUT2D eigenvalue weighted by atomic mass is 16.4. The predicted octanol–water partition coefficient (Wildman–Crippen LogP) is 5.28. The molecule has 3 saturated carbocycles. The number of likely N-dealkylation sites (N-methyl/N-ethyl adjacent to an activating group) is 1. The lowest BCUT2D eigenvalue weighted by molar-refractivity contribution is -0.0709. The van der Waals surface area contributed by atoms with E-state index in [-0.39, 0.29) is 17.1 Å². The van der Waals surface area contributed by atoms with Crippen molar-refractivity contribution in [3.8, 4) is 0 Å². The third-order valence-corrected chi connectivity index (χ3v) is 12.1. The van der Waals surface area contributed by atoms with Crippen LogP contribution >= 0.6 is 0 Å². The molecule has 0 radical (unpaired) electrons. The van der Waals surface area contributed by atoms with Gasteiger partial charge in [0.05, 0.1) is 6.26 Å². The zero-order chi connectivity index (χ0) is 27.4. The summed E-state index contributed by atoms with van der Waals surface area (Å²) < 4.78 is 5.26. The van der Waals surface area contributed by atoms with Crippen LogP contribution in [0.1, 0.15) is 76.7 Å². The van der Waals surface area contributed by atoms with Crippen molar-refractivity contribution >= 4 is 6.09 Å². The van der Waals surface area contributed by atoms with Gasteiger partial charge in [0.1, 0.15) is 0 Å². The summed E-state index contributed by atoms with van der Waals surface area (Å²) in [5, 5.41) is 10.2. The van der Waals surface area contributed by atoms with Crippen molar-refractivity contribution in [2.24, 2.45) is 28.6 Å². The maximum absolute atomic E-state index is 12.4. The Morgan fingerprint density at radius 1 is 1.10 bits per heavy atom. The first-order chi connectivity index (χ1) is 18.7. The van der Waals surface area contributed by atoms with E-state index in [4.69, 9.17) is 4.42 Å². The minimum atomic E-state index is -0.737. The Labute approximate surface area is 233 Å². The van der Waals surface area contributed by atoms with Crippen LogP contribution in [-0.4, -0.2) is 78.3 Å². The largest absolute Gasteiger partial charge is 0.465 e. The number of amides is 1. The molecule has 0 bridgehead atoms. The fourth-order valence-corrected chi connectivity index (χ4v) is 9.68. The van der Waals surface area contributed by atoms with Gasteiger partial charge in [-0.2, -0.15) is 0 Å². The fraction of sp³-hybridized carbons (Fsp3) is 0.750. The van der Waals surface area contributed by atoms with Crippen LogP contribution in [0, 0.1) is 28.6 Å². The average molecular weight is 538 g/mol. The number of carboxylic acid groups (broad SMARTS) is 1. The molecule has 1 saturated heterocycles. The van der Waals surface area contributed by atoms with E-state index in [1.165, 1.54) is 25.7 Å².